The van der Waals surface area contributed by atoms with Crippen LogP contribution in [0.4, 0.5) is 10.5 Å². The summed E-state index contributed by atoms with van der Waals surface area (Å²) in [7, 11) is 0. The predicted molar refractivity (Wildman–Crippen MR) is 83.5 cm³/mol. The monoisotopic (exact) mass is 292 g/mol. The summed E-state index contributed by atoms with van der Waals surface area (Å²) in [6.45, 7) is 5.36. The maximum absolute atomic E-state index is 11.7. The van der Waals surface area contributed by atoms with Crippen molar-refractivity contribution in [3.63, 3.8) is 0 Å². The minimum absolute atomic E-state index is 0.0722. The van der Waals surface area contributed by atoms with Crippen molar-refractivity contribution in [1.29, 1.82) is 0 Å². The van der Waals surface area contributed by atoms with Crippen LogP contribution in [-0.2, 0) is 11.2 Å². The number of aryl methyl sites for hydroxylation is 1. The molecule has 0 aliphatic heterocycles. The number of carboxylic acid groups (broad SMARTS) is 1. The number of carbonyl (C=O) groups is 2. The topological polar surface area (TPSA) is 78.4 Å². The summed E-state index contributed by atoms with van der Waals surface area (Å²) in [5, 5.41) is 14.2. The molecule has 5 heteroatoms. The Kier molecular flexibility index (Phi) is 6.21. The van der Waals surface area contributed by atoms with Crippen LogP contribution in [0.3, 0.4) is 0 Å². The third kappa shape index (κ3) is 5.85. The highest BCUT2D eigenvalue weighted by atomic mass is 16.4. The molecule has 0 atom stereocenters. The number of anilines is 1. The molecule has 0 aliphatic carbocycles. The van der Waals surface area contributed by atoms with Gasteiger partial charge < -0.3 is 15.7 Å². The number of benzene rings is 1. The Labute approximate surface area is 125 Å². The number of hydrogen-bond donors (Lipinski definition) is 3. The number of unbranched alkanes of at least 4 members (excludes halogenated alkanes) is 1. The summed E-state index contributed by atoms with van der Waals surface area (Å²) in [6.07, 6.45) is 3.34. The molecule has 2 amide bonds. The molecule has 0 radical (unpaired) electrons. The van der Waals surface area contributed by atoms with Gasteiger partial charge in [-0.1, -0.05) is 25.5 Å². The van der Waals surface area contributed by atoms with E-state index in [9.17, 15) is 9.59 Å². The number of amides is 2. The number of carbonyl (C=O) groups excluding carboxylic acids is 1. The molecule has 21 heavy (non-hydrogen) atoms. The van der Waals surface area contributed by atoms with E-state index in [1.807, 2.05) is 24.3 Å². The molecular weight excluding hydrogens is 268 g/mol. The Balaban J connectivity index is 2.46. The fraction of sp³-hybridized carbons (Fsp3) is 0.500. The Morgan fingerprint density at radius 2 is 1.81 bits per heavy atom. The van der Waals surface area contributed by atoms with E-state index in [1.165, 1.54) is 5.56 Å². The van der Waals surface area contributed by atoms with Crippen molar-refractivity contribution in [2.75, 3.05) is 11.9 Å². The molecule has 0 unspecified atom stereocenters. The van der Waals surface area contributed by atoms with Gasteiger partial charge in [0.05, 0.1) is 5.41 Å². The van der Waals surface area contributed by atoms with Gasteiger partial charge in [0.15, 0.2) is 0 Å². The molecular formula is C16H24N2O3. The number of carboxylic acids is 1. The third-order valence-corrected chi connectivity index (χ3v) is 3.30. The van der Waals surface area contributed by atoms with Gasteiger partial charge in [0, 0.05) is 12.2 Å². The van der Waals surface area contributed by atoms with E-state index >= 15 is 0 Å². The Morgan fingerprint density at radius 1 is 1.19 bits per heavy atom. The molecule has 5 nitrogen and oxygen atoms in total. The molecule has 0 saturated carbocycles. The number of nitrogens with one attached hydrogen (secondary N) is 2. The fourth-order valence-corrected chi connectivity index (χ4v) is 1.69. The molecule has 0 heterocycles. The summed E-state index contributed by atoms with van der Waals surface area (Å²) in [5.74, 6) is -0.942. The number of aliphatic carboxylic acids is 1. The summed E-state index contributed by atoms with van der Waals surface area (Å²) >= 11 is 0. The first kappa shape index (κ1) is 17.0. The van der Waals surface area contributed by atoms with Gasteiger partial charge >= 0.3 is 12.0 Å². The van der Waals surface area contributed by atoms with Crippen LogP contribution in [0.15, 0.2) is 24.3 Å². The lowest BCUT2D eigenvalue weighted by molar-refractivity contribution is -0.146. The van der Waals surface area contributed by atoms with Crippen LogP contribution in [0.25, 0.3) is 0 Å². The second kappa shape index (κ2) is 7.67. The summed E-state index contributed by atoms with van der Waals surface area (Å²) in [4.78, 5) is 22.7. The zero-order valence-electron chi connectivity index (χ0n) is 12.9. The molecule has 116 valence electrons. The van der Waals surface area contributed by atoms with Gasteiger partial charge in [-0.25, -0.2) is 4.79 Å². The minimum atomic E-state index is -0.985. The lowest BCUT2D eigenvalue weighted by Crippen LogP contribution is -2.40. The van der Waals surface area contributed by atoms with Gasteiger partial charge in [0.1, 0.15) is 0 Å². The SMILES string of the molecule is CCCCc1ccc(NC(=O)NCC(C)(C)C(=O)O)cc1. The number of rotatable bonds is 7. The average Bonchev–Trinajstić information content (AvgIpc) is 2.44. The van der Waals surface area contributed by atoms with Crippen molar-refractivity contribution in [2.45, 2.75) is 40.0 Å². The quantitative estimate of drug-likeness (QED) is 0.721. The summed E-state index contributed by atoms with van der Waals surface area (Å²) in [6, 6.07) is 7.30. The zero-order chi connectivity index (χ0) is 15.9. The maximum atomic E-state index is 11.7. The smallest absolute Gasteiger partial charge is 0.319 e. The Morgan fingerprint density at radius 3 is 2.33 bits per heavy atom. The first-order chi connectivity index (χ1) is 9.85. The van der Waals surface area contributed by atoms with Crippen molar-refractivity contribution in [2.24, 2.45) is 5.41 Å². The molecule has 0 aliphatic rings. The highest BCUT2D eigenvalue weighted by molar-refractivity contribution is 5.89. The maximum Gasteiger partial charge on any atom is 0.319 e. The molecule has 0 aromatic heterocycles. The highest BCUT2D eigenvalue weighted by Crippen LogP contribution is 2.14. The van der Waals surface area contributed by atoms with Gasteiger partial charge in [-0.15, -0.1) is 0 Å². The van der Waals surface area contributed by atoms with Gasteiger partial charge in [-0.05, 0) is 44.4 Å². The minimum Gasteiger partial charge on any atom is -0.481 e. The molecule has 1 aromatic carbocycles. The predicted octanol–water partition coefficient (Wildman–Crippen LogP) is 3.26. The highest BCUT2D eigenvalue weighted by Gasteiger charge is 2.27. The van der Waals surface area contributed by atoms with Gasteiger partial charge in [0.2, 0.25) is 0 Å². The largest absolute Gasteiger partial charge is 0.481 e. The Hall–Kier alpha value is -2.04. The molecule has 0 spiro atoms. The van der Waals surface area contributed by atoms with Crippen molar-refractivity contribution in [1.82, 2.24) is 5.32 Å². The van der Waals surface area contributed by atoms with Crippen LogP contribution in [0.1, 0.15) is 39.2 Å². The van der Waals surface area contributed by atoms with Crippen molar-refractivity contribution < 1.29 is 14.7 Å². The molecule has 3 N–H and O–H groups in total. The molecule has 0 fully saturated rings. The zero-order valence-corrected chi connectivity index (χ0v) is 12.9. The van der Waals surface area contributed by atoms with Gasteiger partial charge in [-0.3, -0.25) is 4.79 Å². The third-order valence-electron chi connectivity index (χ3n) is 3.30. The Bertz CT molecular complexity index is 481. The van der Waals surface area contributed by atoms with E-state index in [-0.39, 0.29) is 6.54 Å². The average molecular weight is 292 g/mol. The van der Waals surface area contributed by atoms with Crippen LogP contribution in [0.5, 0.6) is 0 Å². The van der Waals surface area contributed by atoms with Crippen LogP contribution >= 0.6 is 0 Å². The van der Waals surface area contributed by atoms with E-state index in [1.54, 1.807) is 13.8 Å². The van der Waals surface area contributed by atoms with Crippen molar-refractivity contribution in [3.8, 4) is 0 Å². The van der Waals surface area contributed by atoms with Crippen molar-refractivity contribution in [3.05, 3.63) is 29.8 Å². The van der Waals surface area contributed by atoms with E-state index in [2.05, 4.69) is 17.6 Å². The first-order valence-corrected chi connectivity index (χ1v) is 7.22. The lowest BCUT2D eigenvalue weighted by atomic mass is 9.94. The lowest BCUT2D eigenvalue weighted by Gasteiger charge is -2.19. The van der Waals surface area contributed by atoms with E-state index in [0.29, 0.717) is 5.69 Å². The summed E-state index contributed by atoms with van der Waals surface area (Å²) in [5.41, 5.74) is 0.956. The number of hydrogen-bond acceptors (Lipinski definition) is 2. The summed E-state index contributed by atoms with van der Waals surface area (Å²) < 4.78 is 0. The standard InChI is InChI=1S/C16H24N2O3/c1-4-5-6-12-7-9-13(10-8-12)18-15(21)17-11-16(2,3)14(19)20/h7-10H,4-6,11H2,1-3H3,(H,19,20)(H2,17,18,21). The molecule has 1 aromatic rings. The number of urea groups is 1. The second-order valence-corrected chi connectivity index (χ2v) is 5.80. The fourth-order valence-electron chi connectivity index (χ4n) is 1.69. The van der Waals surface area contributed by atoms with Gasteiger partial charge in [-0.2, -0.15) is 0 Å². The van der Waals surface area contributed by atoms with E-state index < -0.39 is 17.4 Å². The van der Waals surface area contributed by atoms with Crippen LogP contribution in [-0.4, -0.2) is 23.7 Å². The molecule has 1 rings (SSSR count). The van der Waals surface area contributed by atoms with Crippen LogP contribution in [0.2, 0.25) is 0 Å². The van der Waals surface area contributed by atoms with Crippen molar-refractivity contribution >= 4 is 17.7 Å². The first-order valence-electron chi connectivity index (χ1n) is 7.22. The molecule has 0 bridgehead atoms. The van der Waals surface area contributed by atoms with E-state index in [4.69, 9.17) is 5.11 Å². The second-order valence-electron chi connectivity index (χ2n) is 5.80. The normalized spacial score (nSPS) is 11.0. The van der Waals surface area contributed by atoms with Gasteiger partial charge in [0.25, 0.3) is 0 Å². The van der Waals surface area contributed by atoms with Crippen LogP contribution < -0.4 is 10.6 Å². The molecule has 0 saturated heterocycles. The van der Waals surface area contributed by atoms with E-state index in [0.717, 1.165) is 19.3 Å². The van der Waals surface area contributed by atoms with Crippen LogP contribution in [0, 0.1) is 5.41 Å².